The van der Waals surface area contributed by atoms with Gasteiger partial charge < -0.3 is 29.4 Å². The second kappa shape index (κ2) is 12.3. The Hall–Kier alpha value is -3.85. The number of nitrogens with zero attached hydrogens (tertiary/aromatic N) is 4. The molecule has 8 nitrogen and oxygen atoms in total. The van der Waals surface area contributed by atoms with E-state index in [1.54, 1.807) is 7.11 Å². The standard InChI is InChI=1S/C31H37N5O3/c1-23-9-10-25(17-30(23)39-29-7-5-4-6-8-29)31(37)33-26-18-27(20-28(19-26)36-21-24(2)32-22-36)35-13-11-34(12-14-35)15-16-38-3/h4-10,17-22,31,33,37H,11-16H2,1-3H3. The van der Waals surface area contributed by atoms with Gasteiger partial charge in [0.15, 0.2) is 6.23 Å². The highest BCUT2D eigenvalue weighted by Gasteiger charge is 2.19. The minimum Gasteiger partial charge on any atom is -0.457 e. The Morgan fingerprint density at radius 3 is 2.44 bits per heavy atom. The van der Waals surface area contributed by atoms with Gasteiger partial charge in [-0.25, -0.2) is 4.98 Å². The highest BCUT2D eigenvalue weighted by atomic mass is 16.5. The maximum Gasteiger partial charge on any atom is 0.150 e. The van der Waals surface area contributed by atoms with Gasteiger partial charge in [0.1, 0.15) is 11.5 Å². The van der Waals surface area contributed by atoms with Crippen LogP contribution in [0.5, 0.6) is 11.5 Å². The van der Waals surface area contributed by atoms with Crippen LogP contribution in [0.2, 0.25) is 0 Å². The fourth-order valence-corrected chi connectivity index (χ4v) is 4.78. The van der Waals surface area contributed by atoms with E-state index in [-0.39, 0.29) is 0 Å². The molecular weight excluding hydrogens is 490 g/mol. The molecule has 1 aromatic heterocycles. The van der Waals surface area contributed by atoms with Gasteiger partial charge in [0.2, 0.25) is 0 Å². The molecule has 1 unspecified atom stereocenters. The van der Waals surface area contributed by atoms with Crippen molar-refractivity contribution in [1.82, 2.24) is 14.5 Å². The molecule has 0 saturated carbocycles. The summed E-state index contributed by atoms with van der Waals surface area (Å²) in [5, 5.41) is 14.5. The SMILES string of the molecule is COCCN1CCN(c2cc(NC(O)c3ccc(C)c(Oc4ccccc4)c3)cc(-n3cnc(C)c3)c2)CC1. The van der Waals surface area contributed by atoms with E-state index in [2.05, 4.69) is 32.2 Å². The zero-order valence-corrected chi connectivity index (χ0v) is 22.9. The van der Waals surface area contributed by atoms with Crippen molar-refractivity contribution >= 4 is 11.4 Å². The Bertz CT molecular complexity index is 1370. The number of methoxy groups -OCH3 is 1. The average Bonchev–Trinajstić information content (AvgIpc) is 3.40. The van der Waals surface area contributed by atoms with Crippen molar-refractivity contribution in [2.75, 3.05) is 56.7 Å². The molecule has 8 heteroatoms. The lowest BCUT2D eigenvalue weighted by Gasteiger charge is -2.36. The summed E-state index contributed by atoms with van der Waals surface area (Å²) in [6.45, 7) is 9.50. The summed E-state index contributed by atoms with van der Waals surface area (Å²) in [6, 6.07) is 21.8. The lowest BCUT2D eigenvalue weighted by molar-refractivity contribution is 0.144. The van der Waals surface area contributed by atoms with E-state index in [1.165, 1.54) is 0 Å². The molecule has 2 N–H and O–H groups in total. The summed E-state index contributed by atoms with van der Waals surface area (Å²) in [5.74, 6) is 1.48. The van der Waals surface area contributed by atoms with Crippen LogP contribution in [-0.4, -0.2) is 66.0 Å². The Labute approximate surface area is 230 Å². The summed E-state index contributed by atoms with van der Waals surface area (Å²) < 4.78 is 13.4. The van der Waals surface area contributed by atoms with E-state index in [0.717, 1.165) is 79.0 Å². The summed E-state index contributed by atoms with van der Waals surface area (Å²) >= 11 is 0. The predicted octanol–water partition coefficient (Wildman–Crippen LogP) is 5.15. The van der Waals surface area contributed by atoms with Crippen molar-refractivity contribution in [2.24, 2.45) is 0 Å². The van der Waals surface area contributed by atoms with Crippen LogP contribution in [-0.2, 0) is 4.74 Å². The van der Waals surface area contributed by atoms with Crippen LogP contribution < -0.4 is 15.0 Å². The Morgan fingerprint density at radius 1 is 0.949 bits per heavy atom. The molecule has 0 bridgehead atoms. The zero-order chi connectivity index (χ0) is 27.2. The van der Waals surface area contributed by atoms with Crippen LogP contribution in [0.3, 0.4) is 0 Å². The van der Waals surface area contributed by atoms with Crippen LogP contribution in [0, 0.1) is 13.8 Å². The molecule has 39 heavy (non-hydrogen) atoms. The van der Waals surface area contributed by atoms with Crippen molar-refractivity contribution in [2.45, 2.75) is 20.1 Å². The number of nitrogens with one attached hydrogen (secondary N) is 1. The van der Waals surface area contributed by atoms with Crippen LogP contribution in [0.1, 0.15) is 23.0 Å². The Morgan fingerprint density at radius 2 is 1.72 bits per heavy atom. The minimum absolute atomic E-state index is 0.717. The fraction of sp³-hybridized carbons (Fsp3) is 0.323. The lowest BCUT2D eigenvalue weighted by Crippen LogP contribution is -2.47. The van der Waals surface area contributed by atoms with Crippen LogP contribution in [0.15, 0.2) is 79.3 Å². The zero-order valence-electron chi connectivity index (χ0n) is 22.9. The molecule has 1 aliphatic heterocycles. The topological polar surface area (TPSA) is 75.0 Å². The van der Waals surface area contributed by atoms with Crippen molar-refractivity contribution in [3.8, 4) is 17.2 Å². The van der Waals surface area contributed by atoms with Crippen LogP contribution in [0.25, 0.3) is 5.69 Å². The summed E-state index contributed by atoms with van der Waals surface area (Å²) in [4.78, 5) is 9.24. The summed E-state index contributed by atoms with van der Waals surface area (Å²) in [7, 11) is 1.75. The van der Waals surface area contributed by atoms with Crippen molar-refractivity contribution in [3.05, 3.63) is 96.1 Å². The number of anilines is 2. The molecule has 1 fully saturated rings. The van der Waals surface area contributed by atoms with Gasteiger partial charge in [-0.3, -0.25) is 4.90 Å². The smallest absolute Gasteiger partial charge is 0.150 e. The van der Waals surface area contributed by atoms with Crippen LogP contribution in [0.4, 0.5) is 11.4 Å². The molecule has 5 rings (SSSR count). The third kappa shape index (κ3) is 6.78. The first kappa shape index (κ1) is 26.7. The highest BCUT2D eigenvalue weighted by molar-refractivity contribution is 5.65. The van der Waals surface area contributed by atoms with Gasteiger partial charge in [-0.1, -0.05) is 30.3 Å². The molecule has 204 valence electrons. The van der Waals surface area contributed by atoms with Gasteiger partial charge in [-0.15, -0.1) is 0 Å². The minimum atomic E-state index is -0.915. The molecule has 0 aliphatic carbocycles. The molecular formula is C31H37N5O3. The van der Waals surface area contributed by atoms with E-state index in [1.807, 2.05) is 85.5 Å². The molecule has 1 aliphatic rings. The summed E-state index contributed by atoms with van der Waals surface area (Å²) in [6.07, 6.45) is 2.92. The van der Waals surface area contributed by atoms with E-state index < -0.39 is 6.23 Å². The van der Waals surface area contributed by atoms with E-state index >= 15 is 0 Å². The highest BCUT2D eigenvalue weighted by Crippen LogP contribution is 2.31. The number of hydrogen-bond donors (Lipinski definition) is 2. The molecule has 0 radical (unpaired) electrons. The normalized spacial score (nSPS) is 14.8. The van der Waals surface area contributed by atoms with Gasteiger partial charge in [0.05, 0.1) is 24.3 Å². The number of para-hydroxylation sites is 1. The van der Waals surface area contributed by atoms with E-state index in [9.17, 15) is 5.11 Å². The first-order valence-corrected chi connectivity index (χ1v) is 13.4. The van der Waals surface area contributed by atoms with Crippen molar-refractivity contribution < 1.29 is 14.6 Å². The van der Waals surface area contributed by atoms with E-state index in [0.29, 0.717) is 5.75 Å². The molecule has 0 spiro atoms. The predicted molar refractivity (Wildman–Crippen MR) is 155 cm³/mol. The third-order valence-electron chi connectivity index (χ3n) is 7.06. The number of aliphatic hydroxyl groups is 1. The second-order valence-electron chi connectivity index (χ2n) is 9.97. The molecule has 1 atom stereocenters. The number of aromatic nitrogens is 2. The number of aryl methyl sites for hydroxylation is 2. The number of benzene rings is 3. The van der Waals surface area contributed by atoms with Gasteiger partial charge in [-0.05, 0) is 55.8 Å². The Balaban J connectivity index is 1.37. The van der Waals surface area contributed by atoms with Crippen LogP contribution >= 0.6 is 0 Å². The molecule has 3 aromatic carbocycles. The van der Waals surface area contributed by atoms with Gasteiger partial charge in [-0.2, -0.15) is 0 Å². The van der Waals surface area contributed by atoms with E-state index in [4.69, 9.17) is 9.47 Å². The number of ether oxygens (including phenoxy) is 2. The first-order valence-electron chi connectivity index (χ1n) is 13.4. The van der Waals surface area contributed by atoms with Gasteiger partial charge in [0.25, 0.3) is 0 Å². The van der Waals surface area contributed by atoms with Crippen molar-refractivity contribution in [1.29, 1.82) is 0 Å². The molecule has 4 aromatic rings. The summed E-state index contributed by atoms with van der Waals surface area (Å²) in [5.41, 5.74) is 5.60. The largest absolute Gasteiger partial charge is 0.457 e. The van der Waals surface area contributed by atoms with Gasteiger partial charge >= 0.3 is 0 Å². The molecule has 1 saturated heterocycles. The number of rotatable bonds is 10. The molecule has 0 amide bonds. The maximum atomic E-state index is 11.2. The second-order valence-corrected chi connectivity index (χ2v) is 9.97. The Kier molecular flexibility index (Phi) is 8.46. The lowest BCUT2D eigenvalue weighted by atomic mass is 10.1. The first-order chi connectivity index (χ1) is 19.0. The fourth-order valence-electron chi connectivity index (χ4n) is 4.78. The maximum absolute atomic E-state index is 11.2. The monoisotopic (exact) mass is 527 g/mol. The molecule has 2 heterocycles. The third-order valence-corrected chi connectivity index (χ3v) is 7.06. The number of aliphatic hydroxyl groups excluding tert-OH is 1. The number of piperazine rings is 1. The van der Waals surface area contributed by atoms with Crippen molar-refractivity contribution in [3.63, 3.8) is 0 Å². The number of imidazole rings is 1. The van der Waals surface area contributed by atoms with Gasteiger partial charge in [0, 0.05) is 63.0 Å². The number of hydrogen-bond acceptors (Lipinski definition) is 7. The average molecular weight is 528 g/mol. The quantitative estimate of drug-likeness (QED) is 0.276.